The molecule has 0 bridgehead atoms. The lowest BCUT2D eigenvalue weighted by atomic mass is 9.88. The van der Waals surface area contributed by atoms with Gasteiger partial charge in [-0.2, -0.15) is 0 Å². The fraction of sp³-hybridized carbons (Fsp3) is 0.632. The van der Waals surface area contributed by atoms with E-state index in [-0.39, 0.29) is 11.8 Å². The number of benzene rings is 1. The van der Waals surface area contributed by atoms with Crippen LogP contribution in [0.2, 0.25) is 0 Å². The van der Waals surface area contributed by atoms with E-state index in [9.17, 15) is 4.79 Å². The lowest BCUT2D eigenvalue weighted by molar-refractivity contribution is -0.126. The first-order valence-corrected chi connectivity index (χ1v) is 8.81. The van der Waals surface area contributed by atoms with Gasteiger partial charge < -0.3 is 5.32 Å². The third-order valence-electron chi connectivity index (χ3n) is 4.84. The summed E-state index contributed by atoms with van der Waals surface area (Å²) in [6, 6.07) is 8.47. The highest BCUT2D eigenvalue weighted by atomic mass is 16.1. The summed E-state index contributed by atoms with van der Waals surface area (Å²) < 4.78 is 0. The molecule has 122 valence electrons. The van der Waals surface area contributed by atoms with Gasteiger partial charge >= 0.3 is 0 Å². The Bertz CT molecular complexity index is 462. The van der Waals surface area contributed by atoms with Crippen molar-refractivity contribution in [1.82, 2.24) is 10.2 Å². The fourth-order valence-corrected chi connectivity index (χ4v) is 3.26. The molecule has 1 N–H and O–H groups in total. The lowest BCUT2D eigenvalue weighted by Gasteiger charge is -2.22. The number of hydrogen-bond acceptors (Lipinski definition) is 2. The number of carbonyl (C=O) groups is 1. The van der Waals surface area contributed by atoms with E-state index in [0.29, 0.717) is 6.54 Å². The van der Waals surface area contributed by atoms with Crippen molar-refractivity contribution >= 4 is 5.91 Å². The van der Waals surface area contributed by atoms with Gasteiger partial charge in [0.05, 0.1) is 0 Å². The van der Waals surface area contributed by atoms with E-state index in [1.54, 1.807) is 0 Å². The summed E-state index contributed by atoms with van der Waals surface area (Å²) in [4.78, 5) is 14.7. The van der Waals surface area contributed by atoms with Crippen LogP contribution in [-0.2, 0) is 17.9 Å². The van der Waals surface area contributed by atoms with Gasteiger partial charge in [-0.3, -0.25) is 9.69 Å². The van der Waals surface area contributed by atoms with Gasteiger partial charge in [-0.15, -0.1) is 0 Å². The van der Waals surface area contributed by atoms with Crippen molar-refractivity contribution in [2.45, 2.75) is 59.0 Å². The highest BCUT2D eigenvalue weighted by molar-refractivity contribution is 5.78. The molecule has 22 heavy (non-hydrogen) atoms. The summed E-state index contributed by atoms with van der Waals surface area (Å²) in [5, 5.41) is 3.16. The zero-order chi connectivity index (χ0) is 15.8. The smallest absolute Gasteiger partial charge is 0.223 e. The molecule has 1 aliphatic rings. The molecule has 0 aliphatic heterocycles. The van der Waals surface area contributed by atoms with Crippen LogP contribution in [0.1, 0.15) is 57.1 Å². The van der Waals surface area contributed by atoms with Crippen molar-refractivity contribution in [2.24, 2.45) is 5.92 Å². The molecule has 1 aromatic carbocycles. The van der Waals surface area contributed by atoms with Crippen LogP contribution in [-0.4, -0.2) is 23.9 Å². The Morgan fingerprint density at radius 2 is 1.73 bits per heavy atom. The molecule has 1 aliphatic carbocycles. The van der Waals surface area contributed by atoms with Gasteiger partial charge in [0.2, 0.25) is 5.91 Å². The molecule has 1 aromatic rings. The Morgan fingerprint density at radius 3 is 2.36 bits per heavy atom. The van der Waals surface area contributed by atoms with E-state index >= 15 is 0 Å². The lowest BCUT2D eigenvalue weighted by Crippen LogP contribution is -2.32. The normalized spacial score (nSPS) is 16.0. The average Bonchev–Trinajstić information content (AvgIpc) is 2.59. The summed E-state index contributed by atoms with van der Waals surface area (Å²) in [6.07, 6.45) is 5.82. The molecule has 1 amide bonds. The number of hydrogen-bond donors (Lipinski definition) is 1. The molecule has 0 radical (unpaired) electrons. The number of carbonyl (C=O) groups excluding carboxylic acids is 1. The van der Waals surface area contributed by atoms with Crippen molar-refractivity contribution in [3.05, 3.63) is 35.4 Å². The third kappa shape index (κ3) is 4.84. The Balaban J connectivity index is 1.93. The monoisotopic (exact) mass is 302 g/mol. The van der Waals surface area contributed by atoms with Crippen LogP contribution >= 0.6 is 0 Å². The number of nitrogens with zero attached hydrogens (tertiary/aromatic N) is 1. The summed E-state index contributed by atoms with van der Waals surface area (Å²) >= 11 is 0. The van der Waals surface area contributed by atoms with Crippen molar-refractivity contribution in [3.63, 3.8) is 0 Å². The minimum absolute atomic E-state index is 0.240. The maximum absolute atomic E-state index is 12.3. The molecule has 0 spiro atoms. The second-order valence-electron chi connectivity index (χ2n) is 6.28. The average molecular weight is 302 g/mol. The summed E-state index contributed by atoms with van der Waals surface area (Å²) in [6.45, 7) is 8.11. The minimum Gasteiger partial charge on any atom is -0.352 e. The van der Waals surface area contributed by atoms with Gasteiger partial charge in [0.25, 0.3) is 0 Å². The highest BCUT2D eigenvalue weighted by Gasteiger charge is 2.20. The molecule has 1 fully saturated rings. The Hall–Kier alpha value is -1.35. The molecule has 1 saturated carbocycles. The first kappa shape index (κ1) is 17.0. The summed E-state index contributed by atoms with van der Waals surface area (Å²) in [5.41, 5.74) is 2.58. The molecular weight excluding hydrogens is 272 g/mol. The fourth-order valence-electron chi connectivity index (χ4n) is 3.26. The molecule has 0 atom stereocenters. The highest BCUT2D eigenvalue weighted by Crippen LogP contribution is 2.23. The predicted molar refractivity (Wildman–Crippen MR) is 91.5 cm³/mol. The van der Waals surface area contributed by atoms with E-state index in [1.165, 1.54) is 30.4 Å². The van der Waals surface area contributed by atoms with Crippen LogP contribution < -0.4 is 5.32 Å². The number of nitrogens with one attached hydrogen (secondary N) is 1. The van der Waals surface area contributed by atoms with Gasteiger partial charge in [0, 0.05) is 19.0 Å². The van der Waals surface area contributed by atoms with Crippen LogP contribution in [0.4, 0.5) is 0 Å². The largest absolute Gasteiger partial charge is 0.352 e. The minimum atomic E-state index is 0.240. The quantitative estimate of drug-likeness (QED) is 0.832. The summed E-state index contributed by atoms with van der Waals surface area (Å²) in [5.74, 6) is 0.487. The molecule has 0 heterocycles. The molecule has 2 rings (SSSR count). The van der Waals surface area contributed by atoms with Gasteiger partial charge in [0.1, 0.15) is 0 Å². The third-order valence-corrected chi connectivity index (χ3v) is 4.84. The van der Waals surface area contributed by atoms with Crippen LogP contribution in [0.3, 0.4) is 0 Å². The van der Waals surface area contributed by atoms with Crippen molar-refractivity contribution < 1.29 is 4.79 Å². The topological polar surface area (TPSA) is 32.3 Å². The Labute approximate surface area is 135 Å². The maximum Gasteiger partial charge on any atom is 0.223 e. The van der Waals surface area contributed by atoms with Crippen LogP contribution in [0.15, 0.2) is 24.3 Å². The van der Waals surface area contributed by atoms with E-state index in [0.717, 1.165) is 32.5 Å². The molecule has 0 unspecified atom stereocenters. The van der Waals surface area contributed by atoms with Crippen molar-refractivity contribution in [3.8, 4) is 0 Å². The van der Waals surface area contributed by atoms with Gasteiger partial charge in [-0.25, -0.2) is 0 Å². The van der Waals surface area contributed by atoms with Crippen molar-refractivity contribution in [2.75, 3.05) is 13.1 Å². The van der Waals surface area contributed by atoms with Crippen LogP contribution in [0, 0.1) is 5.92 Å². The Morgan fingerprint density at radius 1 is 1.09 bits per heavy atom. The zero-order valence-corrected chi connectivity index (χ0v) is 14.1. The van der Waals surface area contributed by atoms with Gasteiger partial charge in [-0.05, 0) is 37.1 Å². The van der Waals surface area contributed by atoms with E-state index < -0.39 is 0 Å². The number of rotatable bonds is 7. The van der Waals surface area contributed by atoms with Gasteiger partial charge in [-0.1, -0.05) is 57.4 Å². The molecule has 3 nitrogen and oxygen atoms in total. The van der Waals surface area contributed by atoms with Crippen LogP contribution in [0.25, 0.3) is 0 Å². The van der Waals surface area contributed by atoms with Crippen molar-refractivity contribution in [1.29, 1.82) is 0 Å². The second-order valence-corrected chi connectivity index (χ2v) is 6.28. The van der Waals surface area contributed by atoms with Gasteiger partial charge in [0.15, 0.2) is 0 Å². The molecule has 0 aromatic heterocycles. The molecule has 3 heteroatoms. The molecule has 0 saturated heterocycles. The second kappa shape index (κ2) is 8.94. The first-order valence-electron chi connectivity index (χ1n) is 8.81. The van der Waals surface area contributed by atoms with E-state index in [4.69, 9.17) is 0 Å². The molecular formula is C19H30N2O. The zero-order valence-electron chi connectivity index (χ0n) is 14.1. The summed E-state index contributed by atoms with van der Waals surface area (Å²) in [7, 11) is 0. The predicted octanol–water partition coefficient (Wildman–Crippen LogP) is 3.72. The van der Waals surface area contributed by atoms with Crippen LogP contribution in [0.5, 0.6) is 0 Å². The Kier molecular flexibility index (Phi) is 6.91. The van der Waals surface area contributed by atoms with E-state index in [1.807, 2.05) is 0 Å². The SMILES string of the molecule is CCN(CC)Cc1ccccc1CNC(=O)C1CCCCC1. The maximum atomic E-state index is 12.3. The first-order chi connectivity index (χ1) is 10.7. The number of amides is 1. The van der Waals surface area contributed by atoms with E-state index in [2.05, 4.69) is 48.3 Å². The standard InChI is InChI=1S/C19H30N2O/c1-3-21(4-2)15-18-13-9-8-12-17(18)14-20-19(22)16-10-6-5-7-11-16/h8-9,12-13,16H,3-7,10-11,14-15H2,1-2H3,(H,20,22).